The fourth-order valence-electron chi connectivity index (χ4n) is 11.6. The van der Waals surface area contributed by atoms with E-state index in [-0.39, 0.29) is 17.2 Å². The number of benzene rings is 4. The van der Waals surface area contributed by atoms with Crippen molar-refractivity contribution in [1.29, 1.82) is 0 Å². The number of aliphatic hydroxyl groups excluding tert-OH is 2. The van der Waals surface area contributed by atoms with E-state index in [1.165, 1.54) is 11.1 Å². The second-order valence-corrected chi connectivity index (χ2v) is 24.8. The standard InChI is InChI=1S/C35H37ClN8O3.C21H18ClN3O3.C16H21N3O/c1-5-25-17-29-30(40-33(25)46)16-24(18-38-29)20-44-14-12-43(13-15-44)19-23-6-8-26(9-7-23)34-41-42-35(47-34)32(22(3)45)39-27-10-11-28(37-4)31(36)21(27)2;1-12-16(8-9-18(23-3)19(12)22)10-17(13(2)27)21-25-24-20(28-21)15-6-4-14(11-26)5-7-15;1-2-13-8-15-14(9-16(13)20)7-12(10-18-15)11-19-5-3-17-4-6-19/h6-11,16-18,22,32,39,45H,5,12-15,19-20H2,1-3H3,(H,40,46);4-9,11,13,17,27H,10H2,1-2H3;7-8,10,17H,2-6,9,11H2,1H3/t22-,32+;13-,17+;/m00./s1. The first kappa shape index (κ1) is 68.7. The van der Waals surface area contributed by atoms with E-state index in [1.807, 2.05) is 76.5 Å². The van der Waals surface area contributed by atoms with E-state index in [0.29, 0.717) is 80.7 Å². The minimum absolute atomic E-state index is 0.0392. The highest BCUT2D eigenvalue weighted by Crippen LogP contribution is 2.37. The van der Waals surface area contributed by atoms with Gasteiger partial charge < -0.3 is 34.7 Å². The highest BCUT2D eigenvalue weighted by molar-refractivity contribution is 6.34. The van der Waals surface area contributed by atoms with Gasteiger partial charge in [-0.05, 0) is 140 Å². The summed E-state index contributed by atoms with van der Waals surface area (Å²) in [6.07, 6.45) is 7.45. The molecule has 4 atom stereocenters. The number of carbonyl (C=O) groups is 2. The summed E-state index contributed by atoms with van der Waals surface area (Å²) in [7, 11) is 0. The van der Waals surface area contributed by atoms with Crippen molar-refractivity contribution in [3.05, 3.63) is 220 Å². The number of fused-ring (bicyclic) bond motifs is 2. The lowest BCUT2D eigenvalue weighted by molar-refractivity contribution is -0.115. The Hall–Kier alpha value is -9.13. The number of aryl methyl sites for hydroxylation is 1. The predicted molar refractivity (Wildman–Crippen MR) is 368 cm³/mol. The topological polar surface area (TPSA) is 254 Å². The Bertz CT molecular complexity index is 4370. The molecule has 2 saturated heterocycles. The molecule has 0 unspecified atom stereocenters. The average molecular weight is 1320 g/mol. The molecule has 4 aromatic carbocycles. The van der Waals surface area contributed by atoms with Gasteiger partial charge in [0.05, 0.1) is 58.0 Å². The lowest BCUT2D eigenvalue weighted by Crippen LogP contribution is -2.45. The fraction of sp³-hybridized carbons (Fsp3) is 0.347. The van der Waals surface area contributed by atoms with Crippen molar-refractivity contribution in [2.75, 3.05) is 57.7 Å². The maximum Gasteiger partial charge on any atom is 0.251 e. The third-order valence-electron chi connectivity index (χ3n) is 17.4. The van der Waals surface area contributed by atoms with Crippen LogP contribution in [0.15, 0.2) is 123 Å². The zero-order valence-electron chi connectivity index (χ0n) is 54.0. The van der Waals surface area contributed by atoms with Crippen LogP contribution in [0.3, 0.4) is 0 Å². The number of carbonyl (C=O) groups excluding carboxylic acids is 2. The molecule has 0 bridgehead atoms. The van der Waals surface area contributed by atoms with Gasteiger partial charge in [0.15, 0.2) is 5.78 Å². The summed E-state index contributed by atoms with van der Waals surface area (Å²) in [5, 5.41) is 44.8. The van der Waals surface area contributed by atoms with Crippen LogP contribution in [-0.2, 0) is 43.7 Å². The molecule has 0 amide bonds. The summed E-state index contributed by atoms with van der Waals surface area (Å²) in [6.45, 7) is 36.0. The van der Waals surface area contributed by atoms with Crippen LogP contribution in [-0.4, -0.2) is 137 Å². The number of pyridine rings is 3. The van der Waals surface area contributed by atoms with Crippen LogP contribution >= 0.6 is 23.2 Å². The van der Waals surface area contributed by atoms with Crippen LogP contribution in [0.25, 0.3) is 49.7 Å². The number of halogens is 2. The molecule has 1 aliphatic carbocycles. The number of allylic oxidation sites excluding steroid dienone is 1. The van der Waals surface area contributed by atoms with Crippen LogP contribution in [0.5, 0.6) is 0 Å². The van der Waals surface area contributed by atoms with Crippen molar-refractivity contribution in [1.82, 2.24) is 55.4 Å². The minimum atomic E-state index is -0.839. The molecular formula is C72H76Cl2N14O7. The van der Waals surface area contributed by atoms with Crippen molar-refractivity contribution < 1.29 is 28.6 Å². The maximum absolute atomic E-state index is 12.2. The Kier molecular flexibility index (Phi) is 23.1. The summed E-state index contributed by atoms with van der Waals surface area (Å²) < 4.78 is 11.8. The molecule has 490 valence electrons. The van der Waals surface area contributed by atoms with Crippen molar-refractivity contribution in [2.45, 2.75) is 111 Å². The number of ketones is 1. The Labute approximate surface area is 561 Å². The lowest BCUT2D eigenvalue weighted by atomic mass is 9.92. The van der Waals surface area contributed by atoms with E-state index >= 15 is 0 Å². The second kappa shape index (κ2) is 31.9. The van der Waals surface area contributed by atoms with Crippen molar-refractivity contribution in [3.8, 4) is 22.9 Å². The van der Waals surface area contributed by atoms with E-state index < -0.39 is 24.2 Å². The second-order valence-electron chi connectivity index (χ2n) is 24.1. The number of H-pyrrole nitrogens is 1. The Morgan fingerprint density at radius 3 is 1.86 bits per heavy atom. The number of anilines is 1. The number of hydrogen-bond donors (Lipinski definition) is 5. The third-order valence-corrected chi connectivity index (χ3v) is 18.4. The average Bonchev–Trinajstić information content (AvgIpc) is 1.85. The first-order valence-corrected chi connectivity index (χ1v) is 32.5. The third kappa shape index (κ3) is 17.1. The molecule has 9 aromatic rings. The molecular weight excluding hydrogens is 1240 g/mol. The van der Waals surface area contributed by atoms with Crippen LogP contribution in [0.1, 0.15) is 118 Å². The number of hydrogen-bond acceptors (Lipinski definition) is 18. The Balaban J connectivity index is 0.000000172. The van der Waals surface area contributed by atoms with E-state index in [1.54, 1.807) is 56.3 Å². The molecule has 5 aromatic heterocycles. The molecule has 0 radical (unpaired) electrons. The molecule has 2 fully saturated rings. The van der Waals surface area contributed by atoms with E-state index in [2.05, 4.69) is 88.6 Å². The van der Waals surface area contributed by atoms with Gasteiger partial charge in [0.25, 0.3) is 5.56 Å². The Morgan fingerprint density at radius 2 is 1.25 bits per heavy atom. The lowest BCUT2D eigenvalue weighted by Gasteiger charge is -2.34. The molecule has 0 saturated carbocycles. The number of nitrogens with zero attached hydrogens (tertiary/aromatic N) is 11. The first-order valence-electron chi connectivity index (χ1n) is 31.8. The molecule has 0 spiro atoms. The number of aromatic amines is 1. The molecule has 12 rings (SSSR count). The van der Waals surface area contributed by atoms with Gasteiger partial charge in [-0.3, -0.25) is 39.1 Å². The van der Waals surface area contributed by atoms with E-state index in [0.717, 1.165) is 140 Å². The number of Topliss-reactive ketones (excluding diaryl/α,β-unsaturated/α-hetero) is 1. The summed E-state index contributed by atoms with van der Waals surface area (Å²) >= 11 is 12.6. The highest BCUT2D eigenvalue weighted by atomic mass is 35.5. The van der Waals surface area contributed by atoms with Gasteiger partial charge in [0.2, 0.25) is 34.9 Å². The van der Waals surface area contributed by atoms with Gasteiger partial charge in [-0.25, -0.2) is 9.69 Å². The number of aldehydes is 1. The molecule has 7 heterocycles. The highest BCUT2D eigenvalue weighted by Gasteiger charge is 2.28. The van der Waals surface area contributed by atoms with Crippen molar-refractivity contribution in [2.24, 2.45) is 0 Å². The zero-order chi connectivity index (χ0) is 67.3. The van der Waals surface area contributed by atoms with Gasteiger partial charge in [0, 0.05) is 119 Å². The quantitative estimate of drug-likeness (QED) is 0.0373. The van der Waals surface area contributed by atoms with Gasteiger partial charge in [-0.1, -0.05) is 85.6 Å². The monoisotopic (exact) mass is 1320 g/mol. The normalized spacial score (nSPS) is 15.6. The van der Waals surface area contributed by atoms with Gasteiger partial charge in [0.1, 0.15) is 12.3 Å². The summed E-state index contributed by atoms with van der Waals surface area (Å²) in [5.74, 6) is 1.07. The van der Waals surface area contributed by atoms with Gasteiger partial charge >= 0.3 is 0 Å². The molecule has 21 nitrogen and oxygen atoms in total. The molecule has 3 aliphatic rings. The molecule has 95 heavy (non-hydrogen) atoms. The van der Waals surface area contributed by atoms with Gasteiger partial charge in [-0.15, -0.1) is 20.4 Å². The van der Waals surface area contributed by atoms with Crippen LogP contribution in [0.4, 0.5) is 17.1 Å². The zero-order valence-corrected chi connectivity index (χ0v) is 55.5. The van der Waals surface area contributed by atoms with Gasteiger partial charge in [-0.2, -0.15) is 0 Å². The summed E-state index contributed by atoms with van der Waals surface area (Å²) in [4.78, 5) is 61.2. The smallest absolute Gasteiger partial charge is 0.251 e. The number of aromatic nitrogens is 7. The number of aliphatic hydroxyl groups is 2. The van der Waals surface area contributed by atoms with Crippen molar-refractivity contribution in [3.63, 3.8) is 0 Å². The number of nitrogens with one attached hydrogen (secondary N) is 3. The SMILES string of the molecule is CCC1=Cc2ncc(CN3CCNCC3)cc2CC1=O.[C-]#[N+]c1ccc(C[C@@H](c2nnc(-c3ccc(C=O)cc3)o2)[C@H](C)O)c(C)c1Cl.[C-]#[N+]c1ccc(N[C@@H](c2nnc(-c3ccc(CN4CCN(Cc5cnc6cc(CC)c(=O)[nH]c6c5)CC4)cc3)o2)[C@H](C)O)c(C)c1Cl. The number of piperazine rings is 2. The summed E-state index contributed by atoms with van der Waals surface area (Å²) in [6, 6.07) is 27.2. The van der Waals surface area contributed by atoms with Crippen LogP contribution in [0.2, 0.25) is 10.0 Å². The first-order chi connectivity index (χ1) is 45.9. The maximum atomic E-state index is 12.2. The minimum Gasteiger partial charge on any atom is -0.420 e. The van der Waals surface area contributed by atoms with Crippen LogP contribution in [0, 0.1) is 27.0 Å². The van der Waals surface area contributed by atoms with E-state index in [4.69, 9.17) is 45.2 Å². The van der Waals surface area contributed by atoms with Crippen LogP contribution < -0.4 is 16.2 Å². The number of rotatable bonds is 19. The van der Waals surface area contributed by atoms with E-state index in [9.17, 15) is 24.6 Å². The molecule has 5 N–H and O–H groups in total. The molecule has 23 heteroatoms. The largest absolute Gasteiger partial charge is 0.420 e. The predicted octanol–water partition coefficient (Wildman–Crippen LogP) is 12.1. The fourth-order valence-corrected chi connectivity index (χ4v) is 12.1. The van der Waals surface area contributed by atoms with Crippen molar-refractivity contribution >= 4 is 69.4 Å². The molecule has 2 aliphatic heterocycles. The Morgan fingerprint density at radius 1 is 0.674 bits per heavy atom. The summed E-state index contributed by atoms with van der Waals surface area (Å²) in [5.41, 5.74) is 14.7.